The van der Waals surface area contributed by atoms with E-state index in [-0.39, 0.29) is 28.3 Å². The number of carbonyl (C=O) groups excluding carboxylic acids is 1. The number of hydrogen-bond acceptors (Lipinski definition) is 4. The first-order valence-corrected chi connectivity index (χ1v) is 23.6. The highest BCUT2D eigenvalue weighted by molar-refractivity contribution is 6.74. The zero-order valence-corrected chi connectivity index (χ0v) is 33.6. The summed E-state index contributed by atoms with van der Waals surface area (Å²) >= 11 is 0. The highest BCUT2D eigenvalue weighted by Crippen LogP contribution is 2.59. The molecule has 3 fully saturated rings. The predicted molar refractivity (Wildman–Crippen MR) is 196 cm³/mol. The summed E-state index contributed by atoms with van der Waals surface area (Å²) in [6.07, 6.45) is 20.7. The van der Waals surface area contributed by atoms with Crippen LogP contribution in [-0.2, 0) is 18.4 Å². The minimum atomic E-state index is -1.89. The van der Waals surface area contributed by atoms with Crippen molar-refractivity contribution in [1.82, 2.24) is 0 Å². The third-order valence-electron chi connectivity index (χ3n) is 12.5. The molecule has 256 valence electrons. The summed E-state index contributed by atoms with van der Waals surface area (Å²) in [7, 11) is -2.36. The second-order valence-electron chi connectivity index (χ2n) is 17.9. The van der Waals surface area contributed by atoms with Crippen molar-refractivity contribution < 1.29 is 18.4 Å². The van der Waals surface area contributed by atoms with Crippen LogP contribution in [-0.4, -0.2) is 41.9 Å². The minimum absolute atomic E-state index is 0.195. The second kappa shape index (κ2) is 14.5. The summed E-state index contributed by atoms with van der Waals surface area (Å²) < 4.78 is 18.9. The summed E-state index contributed by atoms with van der Waals surface area (Å²) in [5.74, 6) is 1.48. The van der Waals surface area contributed by atoms with Crippen LogP contribution in [0.1, 0.15) is 114 Å². The molecule has 3 aliphatic carbocycles. The number of rotatable bonds is 9. The Morgan fingerprint density at radius 3 is 1.98 bits per heavy atom. The monoisotopic (exact) mass is 656 g/mol. The summed E-state index contributed by atoms with van der Waals surface area (Å²) in [5, 5.41) is 0.389. The molecule has 3 saturated carbocycles. The zero-order chi connectivity index (χ0) is 34.0. The maximum Gasteiger partial charge on any atom is 0.330 e. The third-order valence-corrected chi connectivity index (χ3v) is 21.5. The van der Waals surface area contributed by atoms with Gasteiger partial charge in [-0.1, -0.05) is 96.4 Å². The van der Waals surface area contributed by atoms with Crippen LogP contribution in [0.3, 0.4) is 0 Å². The van der Waals surface area contributed by atoms with Gasteiger partial charge >= 0.3 is 5.97 Å². The van der Waals surface area contributed by atoms with E-state index in [9.17, 15) is 4.79 Å². The first kappa shape index (κ1) is 38.2. The van der Waals surface area contributed by atoms with Gasteiger partial charge in [0, 0.05) is 6.08 Å². The number of carbonyl (C=O) groups is 1. The lowest BCUT2D eigenvalue weighted by Crippen LogP contribution is -2.48. The van der Waals surface area contributed by atoms with E-state index >= 15 is 0 Å². The minimum Gasteiger partial charge on any atom is -0.466 e. The Kier molecular flexibility index (Phi) is 12.3. The fourth-order valence-electron chi connectivity index (χ4n) is 7.85. The van der Waals surface area contributed by atoms with E-state index in [1.165, 1.54) is 50.9 Å². The smallest absolute Gasteiger partial charge is 0.330 e. The molecule has 0 aromatic carbocycles. The highest BCUT2D eigenvalue weighted by atomic mass is 28.4. The van der Waals surface area contributed by atoms with Crippen LogP contribution >= 0.6 is 0 Å². The van der Waals surface area contributed by atoms with E-state index in [4.69, 9.17) is 13.6 Å². The van der Waals surface area contributed by atoms with Crippen LogP contribution < -0.4 is 0 Å². The largest absolute Gasteiger partial charge is 0.466 e. The highest BCUT2D eigenvalue weighted by Gasteiger charge is 2.50. The Labute approximate surface area is 279 Å². The molecule has 0 heterocycles. The van der Waals surface area contributed by atoms with Gasteiger partial charge in [0.2, 0.25) is 0 Å². The van der Waals surface area contributed by atoms with Crippen molar-refractivity contribution >= 4 is 22.6 Å². The molecule has 3 aliphatic rings. The molecule has 0 aromatic heterocycles. The molecule has 0 saturated heterocycles. The molecule has 0 radical (unpaired) electrons. The van der Waals surface area contributed by atoms with Gasteiger partial charge in [-0.2, -0.15) is 0 Å². The molecule has 0 N–H and O–H groups in total. The molecule has 0 amide bonds. The van der Waals surface area contributed by atoms with E-state index in [1.54, 1.807) is 5.57 Å². The molecule has 0 aliphatic heterocycles. The van der Waals surface area contributed by atoms with Gasteiger partial charge in [-0.25, -0.2) is 4.79 Å². The van der Waals surface area contributed by atoms with Crippen molar-refractivity contribution in [2.45, 2.75) is 162 Å². The van der Waals surface area contributed by atoms with E-state index in [0.717, 1.165) is 24.8 Å². The summed E-state index contributed by atoms with van der Waals surface area (Å²) in [4.78, 5) is 11.6. The fourth-order valence-corrected chi connectivity index (χ4v) is 10.6. The van der Waals surface area contributed by atoms with Crippen LogP contribution in [0.2, 0.25) is 36.3 Å². The van der Waals surface area contributed by atoms with Gasteiger partial charge in [-0.05, 0) is 118 Å². The van der Waals surface area contributed by atoms with Gasteiger partial charge in [0.15, 0.2) is 16.6 Å². The van der Waals surface area contributed by atoms with Gasteiger partial charge in [0.25, 0.3) is 0 Å². The van der Waals surface area contributed by atoms with Crippen molar-refractivity contribution in [2.24, 2.45) is 23.2 Å². The van der Waals surface area contributed by atoms with Crippen LogP contribution in [0.5, 0.6) is 0 Å². The average molecular weight is 657 g/mol. The third kappa shape index (κ3) is 9.45. The van der Waals surface area contributed by atoms with Gasteiger partial charge < -0.3 is 13.6 Å². The molecule has 6 atom stereocenters. The lowest BCUT2D eigenvalue weighted by Gasteiger charge is -2.45. The number of fused-ring (bicyclic) bond motifs is 1. The first-order chi connectivity index (χ1) is 20.6. The number of ether oxygens (including phenoxy) is 1. The maximum atomic E-state index is 11.6. The van der Waals surface area contributed by atoms with Crippen molar-refractivity contribution in [2.75, 3.05) is 7.11 Å². The first-order valence-electron chi connectivity index (χ1n) is 17.8. The van der Waals surface area contributed by atoms with Crippen molar-refractivity contribution in [3.05, 3.63) is 47.1 Å². The summed E-state index contributed by atoms with van der Waals surface area (Å²) in [5.41, 5.74) is 4.62. The fraction of sp³-hybridized carbons (Fsp3) is 0.769. The Hall–Kier alpha value is -1.22. The van der Waals surface area contributed by atoms with E-state index in [0.29, 0.717) is 23.2 Å². The molecule has 4 nitrogen and oxygen atoms in total. The molecular formula is C39H68O4Si2. The molecule has 0 bridgehead atoms. The Morgan fingerprint density at radius 2 is 1.47 bits per heavy atom. The van der Waals surface area contributed by atoms with Gasteiger partial charge in [-0.3, -0.25) is 0 Å². The van der Waals surface area contributed by atoms with Gasteiger partial charge in [0.1, 0.15) is 0 Å². The Morgan fingerprint density at radius 1 is 0.911 bits per heavy atom. The Balaban J connectivity index is 1.85. The van der Waals surface area contributed by atoms with E-state index < -0.39 is 16.6 Å². The molecule has 3 rings (SSSR count). The maximum absolute atomic E-state index is 11.6. The van der Waals surface area contributed by atoms with E-state index in [2.05, 4.69) is 107 Å². The van der Waals surface area contributed by atoms with Crippen LogP contribution in [0.15, 0.2) is 47.1 Å². The second-order valence-corrected chi connectivity index (χ2v) is 27.4. The van der Waals surface area contributed by atoms with Crippen molar-refractivity contribution in [1.29, 1.82) is 0 Å². The topological polar surface area (TPSA) is 44.8 Å². The number of allylic oxidation sites excluding steroid dienone is 6. The van der Waals surface area contributed by atoms with Crippen LogP contribution in [0, 0.1) is 23.2 Å². The zero-order valence-electron chi connectivity index (χ0n) is 31.6. The lowest BCUT2D eigenvalue weighted by atomic mass is 9.61. The standard InChI is InChI=1S/C39H68O4Si2/c1-28(17-22-36(40)41-10)24-29(2)34-20-21-35-31(16-15-23-39(34,35)9)19-18-30-25-32(42-44(11,12)37(3,4)5)27-33(26-30)43-45(13,14)38(6,7)8/h17-19,22,24,29,32-35H,15-16,20-21,23,25-27H2,1-14H3/t29-,32-,33-,34-,35+,39-/m1/s1. The van der Waals surface area contributed by atoms with Crippen molar-refractivity contribution in [3.8, 4) is 0 Å². The molecular weight excluding hydrogens is 589 g/mol. The van der Waals surface area contributed by atoms with E-state index in [1.807, 2.05) is 6.08 Å². The molecule has 0 aromatic rings. The summed E-state index contributed by atoms with van der Waals surface area (Å²) in [6.45, 7) is 30.7. The van der Waals surface area contributed by atoms with Crippen LogP contribution in [0.25, 0.3) is 0 Å². The molecule has 0 spiro atoms. The summed E-state index contributed by atoms with van der Waals surface area (Å²) in [6, 6.07) is 0. The number of methoxy groups -OCH3 is 1. The number of esters is 1. The molecule has 6 heteroatoms. The van der Waals surface area contributed by atoms with Crippen molar-refractivity contribution in [3.63, 3.8) is 0 Å². The SMILES string of the molecule is COC(=O)C=CC(C)=C[C@@H](C)[C@H]1CC[C@H]2C(=CC=C3C[C@@H](O[Si](C)(C)C(C)(C)C)C[C@H](O[Si](C)(C)C(C)(C)C)C3)CCC[C@]12C. The molecule has 45 heavy (non-hydrogen) atoms. The van der Waals surface area contributed by atoms with Crippen LogP contribution in [0.4, 0.5) is 0 Å². The number of hydrogen-bond donors (Lipinski definition) is 0. The predicted octanol–water partition coefficient (Wildman–Crippen LogP) is 11.3. The van der Waals surface area contributed by atoms with Gasteiger partial charge in [-0.15, -0.1) is 0 Å². The van der Waals surface area contributed by atoms with Gasteiger partial charge in [0.05, 0.1) is 19.3 Å². The Bertz CT molecular complexity index is 1120. The molecule has 0 unspecified atom stereocenters. The normalized spacial score (nSPS) is 30.5. The average Bonchev–Trinajstić information content (AvgIpc) is 3.26. The lowest BCUT2D eigenvalue weighted by molar-refractivity contribution is -0.134. The quantitative estimate of drug-likeness (QED) is 0.107.